The first-order chi connectivity index (χ1) is 16.6. The number of ether oxygens (including phenoxy) is 3. The lowest BCUT2D eigenvalue weighted by Crippen LogP contribution is -2.39. The van der Waals surface area contributed by atoms with Gasteiger partial charge in [0.1, 0.15) is 18.1 Å². The quantitative estimate of drug-likeness (QED) is 0.323. The molecule has 0 aliphatic heterocycles. The molecule has 0 aliphatic carbocycles. The predicted molar refractivity (Wildman–Crippen MR) is 129 cm³/mol. The summed E-state index contributed by atoms with van der Waals surface area (Å²) in [5, 5.41) is 20.4. The third-order valence-corrected chi connectivity index (χ3v) is 5.04. The van der Waals surface area contributed by atoms with E-state index in [-0.39, 0.29) is 36.9 Å². The van der Waals surface area contributed by atoms with Crippen LogP contribution in [0, 0.1) is 23.0 Å². The molecule has 1 atom stereocenters. The van der Waals surface area contributed by atoms with E-state index in [1.54, 1.807) is 38.1 Å². The lowest BCUT2D eigenvalue weighted by Gasteiger charge is -2.24. The van der Waals surface area contributed by atoms with E-state index in [4.69, 9.17) is 14.2 Å². The van der Waals surface area contributed by atoms with Crippen molar-refractivity contribution in [3.63, 3.8) is 0 Å². The van der Waals surface area contributed by atoms with Gasteiger partial charge in [-0.1, -0.05) is 26.0 Å². The first kappa shape index (κ1) is 27.6. The van der Waals surface area contributed by atoms with Crippen LogP contribution in [0.25, 0.3) is 0 Å². The molecule has 2 aromatic rings. The van der Waals surface area contributed by atoms with Crippen LogP contribution in [-0.2, 0) is 16.0 Å². The highest BCUT2D eigenvalue weighted by Crippen LogP contribution is 2.24. The second-order valence-corrected chi connectivity index (χ2v) is 8.39. The van der Waals surface area contributed by atoms with Crippen molar-refractivity contribution in [2.45, 2.75) is 40.2 Å². The molecule has 190 valence electrons. The van der Waals surface area contributed by atoms with Gasteiger partial charge in [0.05, 0.1) is 17.5 Å². The molecule has 1 N–H and O–H groups in total. The number of amides is 1. The maximum atomic E-state index is 12.7. The maximum absolute atomic E-state index is 12.7. The van der Waals surface area contributed by atoms with Crippen LogP contribution in [0.4, 0.5) is 10.5 Å². The Balaban J connectivity index is 1.96. The summed E-state index contributed by atoms with van der Waals surface area (Å²) in [6.07, 6.45) is -1.28. The topological polar surface area (TPSA) is 128 Å². The lowest BCUT2D eigenvalue weighted by atomic mass is 10.1. The summed E-state index contributed by atoms with van der Waals surface area (Å²) < 4.78 is 16.4. The van der Waals surface area contributed by atoms with Crippen molar-refractivity contribution >= 4 is 17.7 Å². The highest BCUT2D eigenvalue weighted by molar-refractivity contribution is 5.72. The highest BCUT2D eigenvalue weighted by atomic mass is 16.6. The first-order valence-electron chi connectivity index (χ1n) is 11.4. The van der Waals surface area contributed by atoms with Crippen LogP contribution in [0.1, 0.15) is 31.9 Å². The van der Waals surface area contributed by atoms with Crippen molar-refractivity contribution in [2.75, 3.05) is 26.3 Å². The number of carboxylic acid groups (broad SMARTS) is 1. The molecule has 0 bridgehead atoms. The van der Waals surface area contributed by atoms with E-state index >= 15 is 0 Å². The van der Waals surface area contributed by atoms with E-state index in [1.807, 2.05) is 13.8 Å². The van der Waals surface area contributed by atoms with Gasteiger partial charge in [0.15, 0.2) is 6.10 Å². The number of hydrogen-bond acceptors (Lipinski definition) is 7. The predicted octanol–water partition coefficient (Wildman–Crippen LogP) is 4.47. The maximum Gasteiger partial charge on any atom is 0.415 e. The number of aliphatic carboxylic acids is 1. The minimum atomic E-state index is -1.01. The third kappa shape index (κ3) is 8.90. The van der Waals surface area contributed by atoms with E-state index in [1.165, 1.54) is 23.1 Å². The Bertz CT molecular complexity index is 1010. The average molecular weight is 489 g/mol. The van der Waals surface area contributed by atoms with E-state index in [0.29, 0.717) is 24.5 Å². The van der Waals surface area contributed by atoms with E-state index in [9.17, 15) is 24.8 Å². The number of carbonyl (C=O) groups excluding carboxylic acids is 1. The average Bonchev–Trinajstić information content (AvgIpc) is 2.79. The summed E-state index contributed by atoms with van der Waals surface area (Å²) in [6.45, 7) is 8.46. The SMILES string of the molecule is CCOC(Cc1ccc(OCCN(CC(C)C)C(=O)Oc2ccc(C)c([N+](=O)[O-])c2)cc1)C(=O)O. The van der Waals surface area contributed by atoms with Gasteiger partial charge in [-0.15, -0.1) is 0 Å². The number of hydrogen-bond donors (Lipinski definition) is 1. The number of nitro benzene ring substituents is 1. The standard InChI is InChI=1S/C25H32N2O8/c1-5-33-23(24(28)29)14-19-7-10-20(11-8-19)34-13-12-26(16-17(2)3)25(30)35-21-9-6-18(4)22(15-21)27(31)32/h6-11,15,17,23H,5,12-14,16H2,1-4H3,(H,28,29). The highest BCUT2D eigenvalue weighted by Gasteiger charge is 2.20. The van der Waals surface area contributed by atoms with E-state index in [2.05, 4.69) is 0 Å². The monoisotopic (exact) mass is 488 g/mol. The fraction of sp³-hybridized carbons (Fsp3) is 0.440. The van der Waals surface area contributed by atoms with Crippen molar-refractivity contribution in [3.8, 4) is 11.5 Å². The van der Waals surface area contributed by atoms with Gasteiger partial charge in [-0.05, 0) is 49.6 Å². The van der Waals surface area contributed by atoms with Gasteiger partial charge in [-0.25, -0.2) is 9.59 Å². The van der Waals surface area contributed by atoms with Crippen LogP contribution in [0.15, 0.2) is 42.5 Å². The second kappa shape index (κ2) is 13.3. The van der Waals surface area contributed by atoms with Crippen molar-refractivity contribution < 1.29 is 33.8 Å². The van der Waals surface area contributed by atoms with Gasteiger partial charge < -0.3 is 24.2 Å². The smallest absolute Gasteiger partial charge is 0.415 e. The van der Waals surface area contributed by atoms with Crippen LogP contribution in [-0.4, -0.2) is 59.4 Å². The zero-order chi connectivity index (χ0) is 26.0. The molecule has 10 nitrogen and oxygen atoms in total. The Morgan fingerprint density at radius 3 is 2.34 bits per heavy atom. The Morgan fingerprint density at radius 2 is 1.77 bits per heavy atom. The summed E-state index contributed by atoms with van der Waals surface area (Å²) in [6, 6.07) is 11.3. The number of benzene rings is 2. The molecule has 0 saturated heterocycles. The van der Waals surface area contributed by atoms with Crippen LogP contribution in [0.3, 0.4) is 0 Å². The minimum Gasteiger partial charge on any atom is -0.492 e. The fourth-order valence-corrected chi connectivity index (χ4v) is 3.34. The molecular weight excluding hydrogens is 456 g/mol. The summed E-state index contributed by atoms with van der Waals surface area (Å²) >= 11 is 0. The largest absolute Gasteiger partial charge is 0.492 e. The molecule has 35 heavy (non-hydrogen) atoms. The van der Waals surface area contributed by atoms with Crippen LogP contribution in [0.2, 0.25) is 0 Å². The third-order valence-electron chi connectivity index (χ3n) is 5.04. The Morgan fingerprint density at radius 1 is 1.11 bits per heavy atom. The molecule has 0 aromatic heterocycles. The summed E-state index contributed by atoms with van der Waals surface area (Å²) in [4.78, 5) is 36.1. The zero-order valence-corrected chi connectivity index (χ0v) is 20.4. The Hall–Kier alpha value is -3.66. The normalized spacial score (nSPS) is 11.7. The first-order valence-corrected chi connectivity index (χ1v) is 11.4. The number of rotatable bonds is 13. The fourth-order valence-electron chi connectivity index (χ4n) is 3.34. The second-order valence-electron chi connectivity index (χ2n) is 8.39. The molecule has 1 amide bonds. The Kier molecular flexibility index (Phi) is 10.5. The van der Waals surface area contributed by atoms with Gasteiger partial charge >= 0.3 is 12.1 Å². The van der Waals surface area contributed by atoms with Crippen molar-refractivity contribution in [3.05, 3.63) is 63.7 Å². The summed E-state index contributed by atoms with van der Waals surface area (Å²) in [7, 11) is 0. The van der Waals surface area contributed by atoms with Crippen molar-refractivity contribution in [2.24, 2.45) is 5.92 Å². The van der Waals surface area contributed by atoms with Crippen LogP contribution in [0.5, 0.6) is 11.5 Å². The van der Waals surface area contributed by atoms with Gasteiger partial charge in [-0.2, -0.15) is 0 Å². The molecule has 2 rings (SSSR count). The van der Waals surface area contributed by atoms with E-state index in [0.717, 1.165) is 5.56 Å². The molecular formula is C25H32N2O8. The summed E-state index contributed by atoms with van der Waals surface area (Å²) in [5.41, 5.74) is 1.16. The van der Waals surface area contributed by atoms with Crippen molar-refractivity contribution in [1.29, 1.82) is 0 Å². The Labute approximate surface area is 204 Å². The number of carbonyl (C=O) groups is 2. The number of carboxylic acids is 1. The molecule has 0 aliphatic rings. The molecule has 2 aromatic carbocycles. The molecule has 0 radical (unpaired) electrons. The zero-order valence-electron chi connectivity index (χ0n) is 20.4. The number of nitro groups is 1. The molecule has 0 heterocycles. The van der Waals surface area contributed by atoms with Crippen LogP contribution >= 0.6 is 0 Å². The molecule has 0 saturated carbocycles. The van der Waals surface area contributed by atoms with Gasteiger partial charge in [0.25, 0.3) is 5.69 Å². The minimum absolute atomic E-state index is 0.101. The molecule has 0 fully saturated rings. The molecule has 10 heteroatoms. The van der Waals surface area contributed by atoms with Gasteiger partial charge in [0, 0.05) is 25.1 Å². The van der Waals surface area contributed by atoms with Crippen molar-refractivity contribution in [1.82, 2.24) is 4.90 Å². The molecule has 1 unspecified atom stereocenters. The number of aryl methyl sites for hydroxylation is 1. The van der Waals surface area contributed by atoms with Crippen LogP contribution < -0.4 is 9.47 Å². The van der Waals surface area contributed by atoms with Gasteiger partial charge in [-0.3, -0.25) is 10.1 Å². The van der Waals surface area contributed by atoms with E-state index < -0.39 is 23.1 Å². The lowest BCUT2D eigenvalue weighted by molar-refractivity contribution is -0.385. The molecule has 0 spiro atoms. The van der Waals surface area contributed by atoms with Gasteiger partial charge in [0.2, 0.25) is 0 Å². The number of nitrogens with zero attached hydrogens (tertiary/aromatic N) is 2. The summed E-state index contributed by atoms with van der Waals surface area (Å²) in [5.74, 6) is -0.167.